The number of carbonyl (C=O) groups excluding carboxylic acids is 1. The number of hydrogen-bond donors (Lipinski definition) is 2. The number of nitrogens with zero attached hydrogens (tertiary/aromatic N) is 2. The minimum atomic E-state index is -0.402. The van der Waals surface area contributed by atoms with Crippen LogP contribution in [0.3, 0.4) is 0 Å². The fourth-order valence-corrected chi connectivity index (χ4v) is 1.53. The molecule has 92 valence electrons. The van der Waals surface area contributed by atoms with Crippen molar-refractivity contribution >= 4 is 28.9 Å². The summed E-state index contributed by atoms with van der Waals surface area (Å²) in [7, 11) is 0. The maximum absolute atomic E-state index is 11.0. The molecule has 4 N–H and O–H groups in total. The number of carbonyl (C=O) groups is 1. The maximum Gasteiger partial charge on any atom is 0.237 e. The first kappa shape index (κ1) is 13.4. The molecule has 0 spiro atoms. The molecule has 0 bridgehead atoms. The van der Waals surface area contributed by atoms with Gasteiger partial charge in [0.15, 0.2) is 0 Å². The second-order valence-corrected chi connectivity index (χ2v) is 4.37. The van der Waals surface area contributed by atoms with Crippen molar-refractivity contribution in [2.75, 3.05) is 11.4 Å². The molecule has 1 rings (SSSR count). The molecule has 0 aliphatic carbocycles. The van der Waals surface area contributed by atoms with E-state index in [1.807, 2.05) is 13.8 Å². The summed E-state index contributed by atoms with van der Waals surface area (Å²) in [4.78, 5) is 17.3. The summed E-state index contributed by atoms with van der Waals surface area (Å²) in [5.41, 5.74) is 11.3. The first-order chi connectivity index (χ1) is 7.91. The zero-order chi connectivity index (χ0) is 13.0. The Hall–Kier alpha value is -1.69. The second-order valence-electron chi connectivity index (χ2n) is 3.93. The molecule has 0 saturated carbocycles. The van der Waals surface area contributed by atoms with E-state index in [0.29, 0.717) is 11.5 Å². The van der Waals surface area contributed by atoms with Crippen LogP contribution in [0.2, 0.25) is 0 Å². The van der Waals surface area contributed by atoms with E-state index in [1.165, 1.54) is 0 Å². The van der Waals surface area contributed by atoms with Crippen molar-refractivity contribution in [2.24, 2.45) is 11.5 Å². The van der Waals surface area contributed by atoms with Gasteiger partial charge in [0.25, 0.3) is 0 Å². The van der Waals surface area contributed by atoms with Gasteiger partial charge < -0.3 is 16.4 Å². The molecule has 0 saturated heterocycles. The van der Waals surface area contributed by atoms with Crippen LogP contribution in [0.25, 0.3) is 0 Å². The fraction of sp³-hybridized carbons (Fsp3) is 0.364. The first-order valence-corrected chi connectivity index (χ1v) is 5.64. The minimum Gasteiger partial charge on any atom is -0.388 e. The van der Waals surface area contributed by atoms with Gasteiger partial charge in [-0.2, -0.15) is 0 Å². The third kappa shape index (κ3) is 3.67. The lowest BCUT2D eigenvalue weighted by molar-refractivity contribution is -0.116. The smallest absolute Gasteiger partial charge is 0.237 e. The van der Waals surface area contributed by atoms with Crippen molar-refractivity contribution in [3.05, 3.63) is 23.9 Å². The Morgan fingerprint density at radius 1 is 1.47 bits per heavy atom. The molecule has 17 heavy (non-hydrogen) atoms. The molecule has 1 amide bonds. The lowest BCUT2D eigenvalue weighted by Crippen LogP contribution is -2.39. The van der Waals surface area contributed by atoms with E-state index in [1.54, 1.807) is 23.1 Å². The Kier molecular flexibility index (Phi) is 4.39. The molecule has 6 heteroatoms. The van der Waals surface area contributed by atoms with Crippen molar-refractivity contribution in [1.82, 2.24) is 4.98 Å². The van der Waals surface area contributed by atoms with Crippen LogP contribution >= 0.6 is 12.2 Å². The number of thiocarbonyl (C=S) groups is 1. The molecular formula is C11H16N4OS. The van der Waals surface area contributed by atoms with Crippen LogP contribution in [0.1, 0.15) is 19.5 Å². The third-order valence-electron chi connectivity index (χ3n) is 2.23. The van der Waals surface area contributed by atoms with Gasteiger partial charge in [-0.15, -0.1) is 0 Å². The van der Waals surface area contributed by atoms with Crippen molar-refractivity contribution in [1.29, 1.82) is 0 Å². The SMILES string of the molecule is CC(C)N(CC(N)=O)c1cccc(C(N)=S)n1. The molecule has 0 aromatic carbocycles. The van der Waals surface area contributed by atoms with Gasteiger partial charge in [-0.3, -0.25) is 4.79 Å². The van der Waals surface area contributed by atoms with E-state index in [9.17, 15) is 4.79 Å². The number of rotatable bonds is 5. The Morgan fingerprint density at radius 3 is 2.59 bits per heavy atom. The van der Waals surface area contributed by atoms with Crippen LogP contribution in [0, 0.1) is 0 Å². The summed E-state index contributed by atoms with van der Waals surface area (Å²) in [5.74, 6) is 0.241. The van der Waals surface area contributed by atoms with Gasteiger partial charge >= 0.3 is 0 Å². The highest BCUT2D eigenvalue weighted by atomic mass is 32.1. The average molecular weight is 252 g/mol. The zero-order valence-electron chi connectivity index (χ0n) is 9.88. The second kappa shape index (κ2) is 5.58. The minimum absolute atomic E-state index is 0.108. The number of amides is 1. The van der Waals surface area contributed by atoms with E-state index < -0.39 is 5.91 Å². The summed E-state index contributed by atoms with van der Waals surface area (Å²) in [6.45, 7) is 4.03. The highest BCUT2D eigenvalue weighted by molar-refractivity contribution is 7.80. The van der Waals surface area contributed by atoms with Crippen LogP contribution in [0.4, 0.5) is 5.82 Å². The quantitative estimate of drug-likeness (QED) is 0.742. The first-order valence-electron chi connectivity index (χ1n) is 5.23. The fourth-order valence-electron chi connectivity index (χ4n) is 1.42. The Labute approximate surface area is 106 Å². The monoisotopic (exact) mass is 252 g/mol. The number of aromatic nitrogens is 1. The van der Waals surface area contributed by atoms with Crippen molar-refractivity contribution < 1.29 is 4.79 Å². The van der Waals surface area contributed by atoms with E-state index >= 15 is 0 Å². The molecule has 0 unspecified atom stereocenters. The summed E-state index contributed by atoms with van der Waals surface area (Å²) in [6.07, 6.45) is 0. The van der Waals surface area contributed by atoms with Crippen LogP contribution in [-0.2, 0) is 4.79 Å². The number of pyridine rings is 1. The summed E-state index contributed by atoms with van der Waals surface area (Å²) < 4.78 is 0. The van der Waals surface area contributed by atoms with Crippen LogP contribution in [0.5, 0.6) is 0 Å². The Balaban J connectivity index is 3.05. The Morgan fingerprint density at radius 2 is 2.12 bits per heavy atom. The summed E-state index contributed by atoms with van der Waals surface area (Å²) >= 11 is 4.87. The standard InChI is InChI=1S/C11H16N4OS/c1-7(2)15(6-9(12)16)10-5-3-4-8(14-10)11(13)17/h3-5,7H,6H2,1-2H3,(H2,12,16)(H2,13,17). The molecule has 1 aromatic heterocycles. The topological polar surface area (TPSA) is 85.2 Å². The van der Waals surface area contributed by atoms with Crippen LogP contribution < -0.4 is 16.4 Å². The molecule has 0 fully saturated rings. The van der Waals surface area contributed by atoms with E-state index in [-0.39, 0.29) is 17.6 Å². The normalized spacial score (nSPS) is 10.3. The number of primary amides is 1. The maximum atomic E-state index is 11.0. The van der Waals surface area contributed by atoms with Gasteiger partial charge in [0.05, 0.1) is 12.2 Å². The van der Waals surface area contributed by atoms with Gasteiger partial charge in [0, 0.05) is 6.04 Å². The third-order valence-corrected chi connectivity index (χ3v) is 2.44. The average Bonchev–Trinajstić information content (AvgIpc) is 2.25. The predicted molar refractivity (Wildman–Crippen MR) is 71.8 cm³/mol. The van der Waals surface area contributed by atoms with Crippen molar-refractivity contribution in [2.45, 2.75) is 19.9 Å². The van der Waals surface area contributed by atoms with Gasteiger partial charge in [-0.05, 0) is 26.0 Å². The molecule has 0 aliphatic heterocycles. The summed E-state index contributed by atoms with van der Waals surface area (Å²) in [5, 5.41) is 0. The molecular weight excluding hydrogens is 236 g/mol. The van der Waals surface area contributed by atoms with Crippen LogP contribution in [0.15, 0.2) is 18.2 Å². The van der Waals surface area contributed by atoms with E-state index in [4.69, 9.17) is 23.7 Å². The molecule has 0 radical (unpaired) electrons. The lowest BCUT2D eigenvalue weighted by atomic mass is 10.2. The molecule has 0 aliphatic rings. The number of hydrogen-bond acceptors (Lipinski definition) is 4. The number of anilines is 1. The summed E-state index contributed by atoms with van der Waals surface area (Å²) in [6, 6.07) is 5.43. The van der Waals surface area contributed by atoms with Gasteiger partial charge in [-0.25, -0.2) is 4.98 Å². The van der Waals surface area contributed by atoms with Gasteiger partial charge in [0.1, 0.15) is 10.8 Å². The van der Waals surface area contributed by atoms with Crippen molar-refractivity contribution in [3.63, 3.8) is 0 Å². The van der Waals surface area contributed by atoms with Gasteiger partial charge in [0.2, 0.25) is 5.91 Å². The van der Waals surface area contributed by atoms with E-state index in [0.717, 1.165) is 0 Å². The van der Waals surface area contributed by atoms with Crippen molar-refractivity contribution in [3.8, 4) is 0 Å². The molecule has 1 heterocycles. The van der Waals surface area contributed by atoms with E-state index in [2.05, 4.69) is 4.98 Å². The molecule has 0 atom stereocenters. The predicted octanol–water partition coefficient (Wildman–Crippen LogP) is 0.416. The molecule has 5 nitrogen and oxygen atoms in total. The zero-order valence-corrected chi connectivity index (χ0v) is 10.7. The highest BCUT2D eigenvalue weighted by Crippen LogP contribution is 2.14. The molecule has 1 aromatic rings. The van der Waals surface area contributed by atoms with Crippen LogP contribution in [-0.4, -0.2) is 28.5 Å². The largest absolute Gasteiger partial charge is 0.388 e. The number of nitrogens with two attached hydrogens (primary N) is 2. The lowest BCUT2D eigenvalue weighted by Gasteiger charge is -2.26. The highest BCUT2D eigenvalue weighted by Gasteiger charge is 2.14. The Bertz CT molecular complexity index is 433. The van der Waals surface area contributed by atoms with Gasteiger partial charge in [-0.1, -0.05) is 18.3 Å².